The highest BCUT2D eigenvalue weighted by Gasteiger charge is 2.30. The molecular weight excluding hydrogens is 535 g/mol. The molecule has 11 heteroatoms. The Balaban J connectivity index is 1.48. The first-order chi connectivity index (χ1) is 17.7. The smallest absolute Gasteiger partial charge is 0.236 e. The minimum Gasteiger partial charge on any atom is -0.489 e. The Morgan fingerprint density at radius 2 is 1.89 bits per heavy atom. The van der Waals surface area contributed by atoms with Gasteiger partial charge in [-0.05, 0) is 41.8 Å². The first kappa shape index (κ1) is 27.0. The number of anilines is 1. The van der Waals surface area contributed by atoms with Gasteiger partial charge in [0.15, 0.2) is 11.6 Å². The number of halogens is 2. The van der Waals surface area contributed by atoms with Crippen molar-refractivity contribution in [2.45, 2.75) is 32.3 Å². The van der Waals surface area contributed by atoms with E-state index in [1.54, 1.807) is 12.3 Å². The van der Waals surface area contributed by atoms with Crippen molar-refractivity contribution >= 4 is 39.0 Å². The van der Waals surface area contributed by atoms with Crippen molar-refractivity contribution in [1.29, 1.82) is 5.26 Å². The van der Waals surface area contributed by atoms with Gasteiger partial charge in [0, 0.05) is 12.0 Å². The summed E-state index contributed by atoms with van der Waals surface area (Å²) in [5, 5.41) is 9.98. The van der Waals surface area contributed by atoms with Crippen molar-refractivity contribution in [2.24, 2.45) is 0 Å². The monoisotopic (exact) mass is 560 g/mol. The van der Waals surface area contributed by atoms with Gasteiger partial charge in [0.1, 0.15) is 25.0 Å². The van der Waals surface area contributed by atoms with E-state index in [4.69, 9.17) is 32.7 Å². The van der Waals surface area contributed by atoms with Gasteiger partial charge >= 0.3 is 0 Å². The fourth-order valence-corrected chi connectivity index (χ4v) is 5.94. The number of sulfonamides is 1. The molecule has 4 rings (SSSR count). The maximum atomic E-state index is 12.2. The molecule has 1 saturated heterocycles. The van der Waals surface area contributed by atoms with E-state index in [0.717, 1.165) is 11.1 Å². The predicted octanol–water partition coefficient (Wildman–Crippen LogP) is 5.06. The molecule has 8 nitrogen and oxygen atoms in total. The number of aromatic nitrogens is 2. The molecule has 0 spiro atoms. The summed E-state index contributed by atoms with van der Waals surface area (Å²) in [4.78, 5) is 8.55. The highest BCUT2D eigenvalue weighted by molar-refractivity contribution is 7.93. The summed E-state index contributed by atoms with van der Waals surface area (Å²) >= 11 is 12.2. The molecule has 0 atom stereocenters. The van der Waals surface area contributed by atoms with Crippen molar-refractivity contribution in [3.8, 4) is 17.6 Å². The van der Waals surface area contributed by atoms with Gasteiger partial charge in [-0.25, -0.2) is 13.4 Å². The fourth-order valence-electron chi connectivity index (χ4n) is 4.10. The summed E-state index contributed by atoms with van der Waals surface area (Å²) < 4.78 is 37.1. The third-order valence-corrected chi connectivity index (χ3v) is 8.48. The lowest BCUT2D eigenvalue weighted by Gasteiger charge is -2.27. The van der Waals surface area contributed by atoms with Crippen LogP contribution in [0.1, 0.15) is 42.7 Å². The van der Waals surface area contributed by atoms with Crippen LogP contribution in [0.2, 0.25) is 5.02 Å². The minimum absolute atomic E-state index is 0.119. The number of hydrogen-bond donors (Lipinski definition) is 0. The lowest BCUT2D eigenvalue weighted by molar-refractivity contribution is 0.300. The SMILES string of the molecule is CC(C)(c1ccc(OCc2cncc(N3CCCS3(=O)=O)n2)cc1)c1cc(Cl)c(OCCCl)c(C#N)c1. The molecule has 1 fully saturated rings. The Morgan fingerprint density at radius 3 is 2.54 bits per heavy atom. The lowest BCUT2D eigenvalue weighted by atomic mass is 9.77. The Kier molecular flexibility index (Phi) is 8.12. The molecule has 0 bridgehead atoms. The van der Waals surface area contributed by atoms with E-state index < -0.39 is 15.4 Å². The van der Waals surface area contributed by atoms with Gasteiger partial charge in [-0.2, -0.15) is 5.26 Å². The van der Waals surface area contributed by atoms with Crippen LogP contribution in [0.3, 0.4) is 0 Å². The van der Waals surface area contributed by atoms with Crippen molar-refractivity contribution in [2.75, 3.05) is 29.1 Å². The van der Waals surface area contributed by atoms with Gasteiger partial charge < -0.3 is 9.47 Å². The largest absolute Gasteiger partial charge is 0.489 e. The molecular formula is C26H26Cl2N4O4S. The molecule has 1 aliphatic heterocycles. The molecule has 1 aliphatic rings. The molecule has 0 aliphatic carbocycles. The molecule has 0 radical (unpaired) electrons. The summed E-state index contributed by atoms with van der Waals surface area (Å²) in [5.74, 6) is 1.68. The standard InChI is InChI=1S/C26H26Cl2N4O4S/c1-26(2,20-12-18(14-29)25(23(28)13-20)35-10-8-27)19-4-6-22(7-5-19)36-17-21-15-30-16-24(31-21)32-9-3-11-37(32,33)34/h4-7,12-13,15-16H,3,8-11,17H2,1-2H3. The van der Waals surface area contributed by atoms with E-state index in [1.807, 2.05) is 44.2 Å². The Hall–Kier alpha value is -3.06. The predicted molar refractivity (Wildman–Crippen MR) is 143 cm³/mol. The number of nitriles is 1. The number of alkyl halides is 1. The highest BCUT2D eigenvalue weighted by Crippen LogP contribution is 2.38. The maximum absolute atomic E-state index is 12.2. The molecule has 1 aromatic heterocycles. The fraction of sp³-hybridized carbons (Fsp3) is 0.346. The van der Waals surface area contributed by atoms with Crippen LogP contribution in [0, 0.1) is 11.3 Å². The second-order valence-electron chi connectivity index (χ2n) is 9.03. The number of ether oxygens (including phenoxy) is 2. The van der Waals surface area contributed by atoms with Gasteiger partial charge in [0.25, 0.3) is 0 Å². The summed E-state index contributed by atoms with van der Waals surface area (Å²) in [5.41, 5.74) is 2.28. The Bertz CT molecular complexity index is 1420. The second-order valence-corrected chi connectivity index (χ2v) is 11.8. The molecule has 0 N–H and O–H groups in total. The number of rotatable bonds is 9. The van der Waals surface area contributed by atoms with E-state index >= 15 is 0 Å². The molecule has 2 aromatic carbocycles. The van der Waals surface area contributed by atoms with Crippen LogP contribution < -0.4 is 13.8 Å². The van der Waals surface area contributed by atoms with Gasteiger partial charge in [-0.3, -0.25) is 9.29 Å². The van der Waals surface area contributed by atoms with Crippen molar-refractivity contribution in [1.82, 2.24) is 9.97 Å². The Morgan fingerprint density at radius 1 is 1.14 bits per heavy atom. The summed E-state index contributed by atoms with van der Waals surface area (Å²) in [6.07, 6.45) is 3.58. The van der Waals surface area contributed by atoms with Crippen LogP contribution in [0.5, 0.6) is 11.5 Å². The minimum atomic E-state index is -3.33. The second kappa shape index (κ2) is 11.1. The molecule has 194 valence electrons. The van der Waals surface area contributed by atoms with E-state index in [-0.39, 0.29) is 19.0 Å². The van der Waals surface area contributed by atoms with E-state index in [0.29, 0.717) is 52.4 Å². The molecule has 0 amide bonds. The van der Waals surface area contributed by atoms with Crippen LogP contribution in [0.25, 0.3) is 0 Å². The van der Waals surface area contributed by atoms with Gasteiger partial charge in [0.05, 0.1) is 40.3 Å². The maximum Gasteiger partial charge on any atom is 0.236 e. The third kappa shape index (κ3) is 5.93. The summed E-state index contributed by atoms with van der Waals surface area (Å²) in [6, 6.07) is 13.4. The topological polar surface area (TPSA) is 105 Å². The van der Waals surface area contributed by atoms with Gasteiger partial charge in [0.2, 0.25) is 10.0 Å². The van der Waals surface area contributed by atoms with Crippen molar-refractivity contribution < 1.29 is 17.9 Å². The van der Waals surface area contributed by atoms with Crippen LogP contribution in [0.15, 0.2) is 48.8 Å². The molecule has 0 unspecified atom stereocenters. The zero-order valence-corrected chi connectivity index (χ0v) is 22.8. The van der Waals surface area contributed by atoms with Gasteiger partial charge in [-0.15, -0.1) is 11.6 Å². The molecule has 3 aromatic rings. The number of benzene rings is 2. The lowest BCUT2D eigenvalue weighted by Crippen LogP contribution is -2.26. The third-order valence-electron chi connectivity index (χ3n) is 6.20. The van der Waals surface area contributed by atoms with Crippen LogP contribution >= 0.6 is 23.2 Å². The van der Waals surface area contributed by atoms with E-state index in [1.165, 1.54) is 10.5 Å². The van der Waals surface area contributed by atoms with Crippen LogP contribution in [-0.2, 0) is 22.0 Å². The summed E-state index contributed by atoms with van der Waals surface area (Å²) in [7, 11) is -3.33. The quantitative estimate of drug-likeness (QED) is 0.336. The van der Waals surface area contributed by atoms with E-state index in [2.05, 4.69) is 16.0 Å². The average molecular weight is 561 g/mol. The first-order valence-electron chi connectivity index (χ1n) is 11.6. The number of hydrogen-bond acceptors (Lipinski definition) is 7. The highest BCUT2D eigenvalue weighted by atomic mass is 35.5. The summed E-state index contributed by atoms with van der Waals surface area (Å²) in [6.45, 7) is 4.89. The zero-order valence-electron chi connectivity index (χ0n) is 20.4. The molecule has 2 heterocycles. The molecule has 0 saturated carbocycles. The van der Waals surface area contributed by atoms with Crippen LogP contribution in [-0.4, -0.2) is 43.2 Å². The normalized spacial score (nSPS) is 14.8. The van der Waals surface area contributed by atoms with Gasteiger partial charge in [-0.1, -0.05) is 37.6 Å². The van der Waals surface area contributed by atoms with Crippen molar-refractivity contribution in [3.63, 3.8) is 0 Å². The Labute approximate surface area is 226 Å². The molecule has 37 heavy (non-hydrogen) atoms. The first-order valence-corrected chi connectivity index (χ1v) is 14.2. The van der Waals surface area contributed by atoms with Crippen LogP contribution in [0.4, 0.5) is 5.82 Å². The zero-order chi connectivity index (χ0) is 26.6. The average Bonchev–Trinajstić information content (AvgIpc) is 3.25. The van der Waals surface area contributed by atoms with E-state index in [9.17, 15) is 13.7 Å². The number of nitrogens with zero attached hydrogens (tertiary/aromatic N) is 4. The van der Waals surface area contributed by atoms with Crippen molar-refractivity contribution in [3.05, 3.63) is 76.2 Å².